The zero-order valence-electron chi connectivity index (χ0n) is 28.9. The van der Waals surface area contributed by atoms with E-state index in [-0.39, 0.29) is 34.6 Å². The van der Waals surface area contributed by atoms with E-state index in [2.05, 4.69) is 17.2 Å². The Morgan fingerprint density at radius 3 is 2.34 bits per heavy atom. The molecule has 5 rings (SSSR count). The van der Waals surface area contributed by atoms with Crippen LogP contribution in [0, 0.1) is 6.92 Å². The Hall–Kier alpha value is -5.21. The van der Waals surface area contributed by atoms with Gasteiger partial charge in [0.15, 0.2) is 0 Å². The molecule has 1 aliphatic heterocycles. The number of aryl methyl sites for hydroxylation is 1. The number of anilines is 2. The summed E-state index contributed by atoms with van der Waals surface area (Å²) in [6, 6.07) is 17.3. The molecule has 53 heavy (non-hydrogen) atoms. The first-order valence-corrected chi connectivity index (χ1v) is 16.8. The van der Waals surface area contributed by atoms with Crippen molar-refractivity contribution in [2.24, 2.45) is 0 Å². The van der Waals surface area contributed by atoms with Gasteiger partial charge in [0.2, 0.25) is 0 Å². The van der Waals surface area contributed by atoms with Crippen LogP contribution < -0.4 is 15.0 Å². The molecule has 2 amide bonds. The van der Waals surface area contributed by atoms with E-state index < -0.39 is 47.9 Å². The number of hydrogen-bond acceptors (Lipinski definition) is 6. The normalized spacial score (nSPS) is 13.8. The minimum Gasteiger partial charge on any atom is -0.491 e. The van der Waals surface area contributed by atoms with Crippen molar-refractivity contribution in [1.82, 2.24) is 4.98 Å². The first-order valence-electron chi connectivity index (χ1n) is 16.8. The van der Waals surface area contributed by atoms with Crippen LogP contribution in [0.2, 0.25) is 0 Å². The lowest BCUT2D eigenvalue weighted by Crippen LogP contribution is -2.42. The molecule has 0 saturated carbocycles. The fourth-order valence-electron chi connectivity index (χ4n) is 5.76. The summed E-state index contributed by atoms with van der Waals surface area (Å²) in [7, 11) is 0. The Bertz CT molecular complexity index is 1960. The number of ether oxygens (including phenoxy) is 2. The van der Waals surface area contributed by atoms with E-state index in [1.165, 1.54) is 36.5 Å². The number of fused-ring (bicyclic) bond motifs is 1. The largest absolute Gasteiger partial charge is 0.491 e. The maximum Gasteiger partial charge on any atom is 0.471 e. The number of nitrogens with one attached hydrogen (secondary N) is 1. The second-order valence-corrected chi connectivity index (χ2v) is 12.4. The van der Waals surface area contributed by atoms with Crippen molar-refractivity contribution >= 4 is 29.3 Å². The van der Waals surface area contributed by atoms with Crippen LogP contribution in [0.15, 0.2) is 84.6 Å². The van der Waals surface area contributed by atoms with E-state index >= 15 is 0 Å². The number of rotatable bonds is 12. The Kier molecular flexibility index (Phi) is 12.2. The van der Waals surface area contributed by atoms with Crippen molar-refractivity contribution in [2.45, 2.75) is 51.6 Å². The molecule has 14 heteroatoms. The van der Waals surface area contributed by atoms with Crippen molar-refractivity contribution in [3.63, 3.8) is 0 Å². The second kappa shape index (κ2) is 16.6. The summed E-state index contributed by atoms with van der Waals surface area (Å²) in [5.41, 5.74) is -0.122. The highest BCUT2D eigenvalue weighted by Gasteiger charge is 2.44. The van der Waals surface area contributed by atoms with E-state index in [4.69, 9.17) is 9.47 Å². The number of hydrogen-bond donors (Lipinski definition) is 2. The van der Waals surface area contributed by atoms with Crippen molar-refractivity contribution < 1.29 is 50.5 Å². The number of carbonyl (C=O) groups excluding carboxylic acids is 2. The molecular formula is C39H37F6N3O5. The summed E-state index contributed by atoms with van der Waals surface area (Å²) >= 11 is 0. The van der Waals surface area contributed by atoms with E-state index in [9.17, 15) is 41.0 Å². The molecule has 4 aromatic rings. The van der Waals surface area contributed by atoms with Gasteiger partial charge in [0.25, 0.3) is 5.91 Å². The van der Waals surface area contributed by atoms with Gasteiger partial charge in [-0.3, -0.25) is 14.6 Å². The molecule has 1 aliphatic rings. The van der Waals surface area contributed by atoms with E-state index in [0.29, 0.717) is 53.2 Å². The number of carbonyl (C=O) groups is 2. The van der Waals surface area contributed by atoms with Gasteiger partial charge < -0.3 is 24.8 Å². The van der Waals surface area contributed by atoms with Gasteiger partial charge in [0, 0.05) is 30.6 Å². The maximum absolute atomic E-state index is 14.2. The third kappa shape index (κ3) is 9.82. The molecule has 1 unspecified atom stereocenters. The number of aromatic nitrogens is 1. The summed E-state index contributed by atoms with van der Waals surface area (Å²) in [6.45, 7) is 4.64. The number of amides is 2. The van der Waals surface area contributed by atoms with Crippen LogP contribution in [0.3, 0.4) is 0 Å². The molecule has 280 valence electrons. The van der Waals surface area contributed by atoms with Gasteiger partial charge >= 0.3 is 18.3 Å². The smallest absolute Gasteiger partial charge is 0.471 e. The molecule has 0 aliphatic carbocycles. The lowest BCUT2D eigenvalue weighted by atomic mass is 9.97. The van der Waals surface area contributed by atoms with Crippen LogP contribution in [0.5, 0.6) is 5.75 Å². The van der Waals surface area contributed by atoms with Gasteiger partial charge in [-0.25, -0.2) is 0 Å². The SMILES string of the molecule is CCCCOCCOc1ccc(-c2ccc3c(c2)C=C(C(=O)Nc2ccc(C(O)c4cc(C)ccn4)c(C(F)(F)F)c2)CCN3C(=O)C(F)(F)F)cc1. The average Bonchev–Trinajstić information content (AvgIpc) is 3.31. The summed E-state index contributed by atoms with van der Waals surface area (Å²) in [6.07, 6.45) is -7.55. The fraction of sp³-hybridized carbons (Fsp3) is 0.308. The monoisotopic (exact) mass is 741 g/mol. The molecule has 0 radical (unpaired) electrons. The summed E-state index contributed by atoms with van der Waals surface area (Å²) in [4.78, 5) is 30.6. The van der Waals surface area contributed by atoms with Crippen LogP contribution in [0.25, 0.3) is 17.2 Å². The molecule has 0 bridgehead atoms. The van der Waals surface area contributed by atoms with Crippen molar-refractivity contribution in [3.8, 4) is 16.9 Å². The molecule has 0 fully saturated rings. The number of aliphatic hydroxyl groups excluding tert-OH is 1. The number of nitrogens with zero attached hydrogens (tertiary/aromatic N) is 2. The first kappa shape index (κ1) is 39.0. The molecular weight excluding hydrogens is 704 g/mol. The number of pyridine rings is 1. The maximum atomic E-state index is 14.2. The van der Waals surface area contributed by atoms with Crippen LogP contribution in [-0.4, -0.2) is 54.4 Å². The Morgan fingerprint density at radius 1 is 0.925 bits per heavy atom. The third-order valence-corrected chi connectivity index (χ3v) is 8.49. The zero-order chi connectivity index (χ0) is 38.3. The standard InChI is InChI=1S/C39H37F6N3O5/c1-3-4-17-52-18-19-53-30-9-5-25(6-10-30)26-7-12-34-28(21-26)22-27(14-16-48(34)37(51)39(43,44)45)36(50)47-29-8-11-31(32(23-29)38(40,41)42)35(49)33-20-24(2)13-15-46-33/h5-13,15,20-23,35,49H,3-4,14,16-19H2,1-2H3,(H,47,50). The van der Waals surface area contributed by atoms with Crippen molar-refractivity contribution in [3.05, 3.63) is 113 Å². The summed E-state index contributed by atoms with van der Waals surface area (Å²) in [5, 5.41) is 13.2. The van der Waals surface area contributed by atoms with Gasteiger partial charge in [0.05, 0.1) is 23.6 Å². The van der Waals surface area contributed by atoms with Gasteiger partial charge in [0.1, 0.15) is 18.5 Å². The fourth-order valence-corrected chi connectivity index (χ4v) is 5.76. The lowest BCUT2D eigenvalue weighted by Gasteiger charge is -2.24. The Labute approximate surface area is 302 Å². The van der Waals surface area contributed by atoms with Gasteiger partial charge in [-0.05, 0) is 102 Å². The zero-order valence-corrected chi connectivity index (χ0v) is 28.9. The number of unbranched alkanes of at least 4 members (excludes halogenated alkanes) is 1. The van der Waals surface area contributed by atoms with Gasteiger partial charge in [-0.2, -0.15) is 26.3 Å². The average molecular weight is 742 g/mol. The van der Waals surface area contributed by atoms with Crippen LogP contribution in [0.4, 0.5) is 37.7 Å². The second-order valence-electron chi connectivity index (χ2n) is 12.4. The molecule has 0 saturated heterocycles. The summed E-state index contributed by atoms with van der Waals surface area (Å²) < 4.78 is 94.9. The third-order valence-electron chi connectivity index (χ3n) is 8.49. The molecule has 0 spiro atoms. The van der Waals surface area contributed by atoms with Crippen molar-refractivity contribution in [1.29, 1.82) is 0 Å². The predicted octanol–water partition coefficient (Wildman–Crippen LogP) is 8.67. The Morgan fingerprint density at radius 2 is 1.66 bits per heavy atom. The van der Waals surface area contributed by atoms with Gasteiger partial charge in [-0.15, -0.1) is 0 Å². The quantitative estimate of drug-likeness (QED) is 0.111. The van der Waals surface area contributed by atoms with E-state index in [0.717, 1.165) is 18.9 Å². The van der Waals surface area contributed by atoms with Crippen LogP contribution in [-0.2, 0) is 20.5 Å². The highest BCUT2D eigenvalue weighted by Crippen LogP contribution is 2.39. The number of aliphatic hydroxyl groups is 1. The van der Waals surface area contributed by atoms with Crippen LogP contribution in [0.1, 0.15) is 60.2 Å². The van der Waals surface area contributed by atoms with Crippen LogP contribution >= 0.6 is 0 Å². The minimum absolute atomic E-state index is 0.000524. The molecule has 1 atom stereocenters. The highest BCUT2D eigenvalue weighted by molar-refractivity contribution is 6.09. The molecule has 2 heterocycles. The van der Waals surface area contributed by atoms with E-state index in [1.54, 1.807) is 43.3 Å². The topological polar surface area (TPSA) is 101 Å². The first-order chi connectivity index (χ1) is 25.2. The molecule has 2 N–H and O–H groups in total. The van der Waals surface area contributed by atoms with E-state index in [1.807, 2.05) is 0 Å². The molecule has 8 nitrogen and oxygen atoms in total. The lowest BCUT2D eigenvalue weighted by molar-refractivity contribution is -0.170. The summed E-state index contributed by atoms with van der Waals surface area (Å²) in [5.74, 6) is -2.44. The number of benzene rings is 3. The predicted molar refractivity (Wildman–Crippen MR) is 187 cm³/mol. The number of alkyl halides is 6. The highest BCUT2D eigenvalue weighted by atomic mass is 19.4. The van der Waals surface area contributed by atoms with Gasteiger partial charge in [-0.1, -0.05) is 37.6 Å². The minimum atomic E-state index is -5.21. The number of halogens is 6. The van der Waals surface area contributed by atoms with Crippen molar-refractivity contribution in [2.75, 3.05) is 36.6 Å². The Balaban J connectivity index is 1.42. The molecule has 1 aromatic heterocycles. The molecule has 3 aromatic carbocycles.